The third kappa shape index (κ3) is 6.97. The molecule has 1 aliphatic carbocycles. The number of aromatic nitrogens is 6. The number of imidazole rings is 1. The van der Waals surface area contributed by atoms with Crippen LogP contribution in [0.3, 0.4) is 0 Å². The molecule has 0 spiro atoms. The monoisotopic (exact) mass is 492 g/mol. The van der Waals surface area contributed by atoms with Gasteiger partial charge in [0.1, 0.15) is 18.2 Å². The fourth-order valence-electron chi connectivity index (χ4n) is 4.68. The molecule has 1 saturated heterocycles. The van der Waals surface area contributed by atoms with Gasteiger partial charge < -0.3 is 15.2 Å². The van der Waals surface area contributed by atoms with Gasteiger partial charge in [-0.2, -0.15) is 0 Å². The third-order valence-corrected chi connectivity index (χ3v) is 6.71. The molecule has 8 nitrogen and oxygen atoms in total. The maximum atomic E-state index is 4.42. The number of aryl methyl sites for hydroxylation is 1. The first kappa shape index (κ1) is 27.5. The van der Waals surface area contributed by atoms with Gasteiger partial charge in [-0.3, -0.25) is 0 Å². The Morgan fingerprint density at radius 3 is 2.47 bits per heavy atom. The first-order chi connectivity index (χ1) is 17.5. The average molecular weight is 493 g/mol. The van der Waals surface area contributed by atoms with E-state index in [0.717, 1.165) is 36.5 Å². The summed E-state index contributed by atoms with van der Waals surface area (Å²) in [6, 6.07) is 2.29. The minimum absolute atomic E-state index is 0. The molecule has 5 rings (SSSR count). The smallest absolute Gasteiger partial charge is 0.182 e. The van der Waals surface area contributed by atoms with E-state index in [1.165, 1.54) is 36.1 Å². The SMILES string of the molecule is CCC.CCC1=CC=C(C)C(Nc2ncnc3ncn(C)c23)C1C.[HH].c1cc(C2CCNCC2)ncn1. The number of hydrogen-bond acceptors (Lipinski definition) is 7. The second-order valence-electron chi connectivity index (χ2n) is 9.53. The van der Waals surface area contributed by atoms with Crippen molar-refractivity contribution in [2.75, 3.05) is 18.4 Å². The van der Waals surface area contributed by atoms with Crippen molar-refractivity contribution >= 4 is 17.0 Å². The minimum atomic E-state index is 0. The van der Waals surface area contributed by atoms with Crippen LogP contribution in [-0.2, 0) is 7.05 Å². The van der Waals surface area contributed by atoms with Crippen molar-refractivity contribution in [1.82, 2.24) is 34.8 Å². The van der Waals surface area contributed by atoms with Gasteiger partial charge in [-0.15, -0.1) is 0 Å². The number of rotatable bonds is 4. The topological polar surface area (TPSA) is 93.4 Å². The van der Waals surface area contributed by atoms with E-state index in [4.69, 9.17) is 0 Å². The zero-order valence-corrected chi connectivity index (χ0v) is 22.7. The Labute approximate surface area is 217 Å². The van der Waals surface area contributed by atoms with Crippen LogP contribution in [0.25, 0.3) is 11.2 Å². The first-order valence-corrected chi connectivity index (χ1v) is 13.2. The molecule has 0 bridgehead atoms. The molecule has 3 aromatic rings. The lowest BCUT2D eigenvalue weighted by molar-refractivity contribution is 0.453. The van der Waals surface area contributed by atoms with E-state index >= 15 is 0 Å². The summed E-state index contributed by atoms with van der Waals surface area (Å²) in [6.45, 7) is 13.1. The quantitative estimate of drug-likeness (QED) is 0.484. The molecule has 0 aromatic carbocycles. The Balaban J connectivity index is 0.000000255. The lowest BCUT2D eigenvalue weighted by Crippen LogP contribution is -2.32. The second kappa shape index (κ2) is 13.8. The standard InChI is InChI=1S/C16H21N5.C9H13N3.C3H8.H2/c1-5-12-7-6-10(2)13(11(12)3)20-16-14-15(17-8-18-16)19-9-21(14)4;1-4-10-5-2-8(1)9-3-6-11-7-12-9;1-3-2;/h6-9,11,13H,5H2,1-4H3,(H,17,18,20);3,6-8,10H,1-2,4-5H2;3H2,1-2H3;1H. The van der Waals surface area contributed by atoms with E-state index in [2.05, 4.69) is 82.3 Å². The van der Waals surface area contributed by atoms with E-state index < -0.39 is 0 Å². The highest BCUT2D eigenvalue weighted by Gasteiger charge is 2.25. The fourth-order valence-corrected chi connectivity index (χ4v) is 4.68. The Morgan fingerprint density at radius 1 is 1.06 bits per heavy atom. The van der Waals surface area contributed by atoms with Crippen molar-refractivity contribution in [3.63, 3.8) is 0 Å². The van der Waals surface area contributed by atoms with Gasteiger partial charge in [0.05, 0.1) is 12.4 Å². The predicted octanol–water partition coefficient (Wildman–Crippen LogP) is 5.68. The van der Waals surface area contributed by atoms with Crippen LogP contribution < -0.4 is 10.6 Å². The molecule has 3 aromatic heterocycles. The molecule has 2 N–H and O–H groups in total. The molecule has 4 heterocycles. The highest BCUT2D eigenvalue weighted by Crippen LogP contribution is 2.30. The van der Waals surface area contributed by atoms with Crippen LogP contribution in [0, 0.1) is 5.92 Å². The highest BCUT2D eigenvalue weighted by atomic mass is 15.1. The van der Waals surface area contributed by atoms with Gasteiger partial charge in [-0.05, 0) is 45.3 Å². The molecule has 2 atom stereocenters. The van der Waals surface area contributed by atoms with Crippen molar-refractivity contribution in [3.05, 3.63) is 60.2 Å². The van der Waals surface area contributed by atoms with Crippen LogP contribution in [0.2, 0.25) is 0 Å². The molecule has 0 amide bonds. The van der Waals surface area contributed by atoms with Gasteiger partial charge in [0.25, 0.3) is 0 Å². The molecular weight excluding hydrogens is 448 g/mol. The highest BCUT2D eigenvalue weighted by molar-refractivity contribution is 5.83. The summed E-state index contributed by atoms with van der Waals surface area (Å²) in [5, 5.41) is 6.93. The molecule has 196 valence electrons. The molecule has 36 heavy (non-hydrogen) atoms. The number of allylic oxidation sites excluding steroid dienone is 2. The minimum Gasteiger partial charge on any atom is -0.361 e. The van der Waals surface area contributed by atoms with Crippen molar-refractivity contribution in [2.24, 2.45) is 13.0 Å². The second-order valence-corrected chi connectivity index (χ2v) is 9.53. The van der Waals surface area contributed by atoms with E-state index in [1.54, 1.807) is 19.0 Å². The van der Waals surface area contributed by atoms with Crippen molar-refractivity contribution < 1.29 is 1.43 Å². The largest absolute Gasteiger partial charge is 0.361 e. The molecular formula is C28H44N8. The number of hydrogen-bond donors (Lipinski definition) is 2. The molecule has 2 aliphatic rings. The van der Waals surface area contributed by atoms with E-state index in [0.29, 0.717) is 11.8 Å². The van der Waals surface area contributed by atoms with Gasteiger partial charge in [0.15, 0.2) is 11.5 Å². The number of fused-ring (bicyclic) bond motifs is 1. The van der Waals surface area contributed by atoms with E-state index in [9.17, 15) is 0 Å². The number of anilines is 1. The zero-order chi connectivity index (χ0) is 25.9. The van der Waals surface area contributed by atoms with E-state index in [-0.39, 0.29) is 7.47 Å². The molecule has 0 radical (unpaired) electrons. The van der Waals surface area contributed by atoms with Gasteiger partial charge in [0.2, 0.25) is 0 Å². The lowest BCUT2D eigenvalue weighted by atomic mass is 9.83. The fraction of sp³-hybridized carbons (Fsp3) is 0.536. The Kier molecular flexibility index (Phi) is 10.5. The van der Waals surface area contributed by atoms with Crippen LogP contribution in [0.4, 0.5) is 5.82 Å². The Morgan fingerprint density at radius 2 is 1.81 bits per heavy atom. The average Bonchev–Trinajstić information content (AvgIpc) is 3.30. The maximum Gasteiger partial charge on any atom is 0.182 e. The van der Waals surface area contributed by atoms with Crippen molar-refractivity contribution in [1.29, 1.82) is 0 Å². The Bertz CT molecular complexity index is 1140. The van der Waals surface area contributed by atoms with Crippen LogP contribution in [-0.4, -0.2) is 48.6 Å². The Hall–Kier alpha value is -3.13. The van der Waals surface area contributed by atoms with Crippen LogP contribution in [0.1, 0.15) is 73.3 Å². The number of piperidine rings is 1. The maximum absolute atomic E-state index is 4.42. The summed E-state index contributed by atoms with van der Waals surface area (Å²) in [6.07, 6.45) is 16.0. The van der Waals surface area contributed by atoms with Crippen LogP contribution in [0.5, 0.6) is 0 Å². The lowest BCUT2D eigenvalue weighted by Gasteiger charge is -2.31. The van der Waals surface area contributed by atoms with Gasteiger partial charge in [-0.1, -0.05) is 57.4 Å². The van der Waals surface area contributed by atoms with Crippen LogP contribution >= 0.6 is 0 Å². The van der Waals surface area contributed by atoms with E-state index in [1.807, 2.05) is 23.9 Å². The summed E-state index contributed by atoms with van der Waals surface area (Å²) in [4.78, 5) is 21.1. The normalized spacial score (nSPS) is 19.8. The molecule has 1 fully saturated rings. The van der Waals surface area contributed by atoms with Crippen molar-refractivity contribution in [3.8, 4) is 0 Å². The number of nitrogens with zero attached hydrogens (tertiary/aromatic N) is 6. The van der Waals surface area contributed by atoms with Gasteiger partial charge in [0, 0.05) is 32.2 Å². The summed E-state index contributed by atoms with van der Waals surface area (Å²) in [7, 11) is 1.97. The summed E-state index contributed by atoms with van der Waals surface area (Å²) in [5.74, 6) is 1.95. The molecule has 8 heteroatoms. The third-order valence-electron chi connectivity index (χ3n) is 6.71. The molecule has 0 saturated carbocycles. The van der Waals surface area contributed by atoms with Gasteiger partial charge >= 0.3 is 0 Å². The predicted molar refractivity (Wildman–Crippen MR) is 150 cm³/mol. The summed E-state index contributed by atoms with van der Waals surface area (Å²) >= 11 is 0. The van der Waals surface area contributed by atoms with Crippen molar-refractivity contribution in [2.45, 2.75) is 72.3 Å². The molecule has 2 unspecified atom stereocenters. The first-order valence-electron chi connectivity index (χ1n) is 13.2. The zero-order valence-electron chi connectivity index (χ0n) is 22.7. The summed E-state index contributed by atoms with van der Waals surface area (Å²) < 4.78 is 1.96. The van der Waals surface area contributed by atoms with Gasteiger partial charge in [-0.25, -0.2) is 24.9 Å². The summed E-state index contributed by atoms with van der Waals surface area (Å²) in [5.41, 5.74) is 5.67. The van der Waals surface area contributed by atoms with Crippen LogP contribution in [0.15, 0.2) is 54.5 Å². The number of nitrogens with one attached hydrogen (secondary N) is 2. The molecule has 1 aliphatic heterocycles.